The molecule has 1 aliphatic heterocycles. The first-order valence-electron chi connectivity index (χ1n) is 8.05. The highest BCUT2D eigenvalue weighted by Crippen LogP contribution is 2.33. The summed E-state index contributed by atoms with van der Waals surface area (Å²) in [6.45, 7) is 2.97. The lowest BCUT2D eigenvalue weighted by molar-refractivity contribution is 0.122. The number of ether oxygens (including phenoxy) is 1. The third kappa shape index (κ3) is 3.02. The molecule has 0 amide bonds. The summed E-state index contributed by atoms with van der Waals surface area (Å²) in [5, 5.41) is 20.6. The van der Waals surface area contributed by atoms with Crippen LogP contribution >= 0.6 is 11.6 Å². The average molecular weight is 351 g/mol. The minimum absolute atomic E-state index is 0.615. The van der Waals surface area contributed by atoms with Crippen molar-refractivity contribution in [2.45, 2.75) is 0 Å². The summed E-state index contributed by atoms with van der Waals surface area (Å²) in [6.07, 6.45) is 0. The van der Waals surface area contributed by atoms with E-state index in [1.54, 1.807) is 12.1 Å². The SMILES string of the molecule is N#Cc1ccc(-c2nnc(N3CCOCC3)c3ccc(Cl)cc23)cc1. The summed E-state index contributed by atoms with van der Waals surface area (Å²) in [4.78, 5) is 2.19. The fourth-order valence-corrected chi connectivity index (χ4v) is 3.21. The second kappa shape index (κ2) is 6.67. The van der Waals surface area contributed by atoms with Crippen molar-refractivity contribution in [2.24, 2.45) is 0 Å². The molecule has 25 heavy (non-hydrogen) atoms. The van der Waals surface area contributed by atoms with Gasteiger partial charge in [0.2, 0.25) is 0 Å². The van der Waals surface area contributed by atoms with Crippen LogP contribution in [0.2, 0.25) is 5.02 Å². The number of hydrogen-bond donors (Lipinski definition) is 0. The normalized spacial score (nSPS) is 14.5. The van der Waals surface area contributed by atoms with Gasteiger partial charge in [-0.15, -0.1) is 10.2 Å². The monoisotopic (exact) mass is 350 g/mol. The van der Waals surface area contributed by atoms with Gasteiger partial charge in [-0.25, -0.2) is 0 Å². The lowest BCUT2D eigenvalue weighted by Crippen LogP contribution is -2.37. The van der Waals surface area contributed by atoms with Crippen LogP contribution in [-0.2, 0) is 4.74 Å². The molecule has 6 heteroatoms. The number of fused-ring (bicyclic) bond motifs is 1. The third-order valence-electron chi connectivity index (χ3n) is 4.32. The standard InChI is InChI=1S/C19H15ClN4O/c20-15-5-6-16-17(11-15)18(14-3-1-13(12-21)2-4-14)22-23-19(16)24-7-9-25-10-8-24/h1-6,11H,7-10H2. The van der Waals surface area contributed by atoms with Gasteiger partial charge in [0.05, 0.1) is 24.8 Å². The minimum Gasteiger partial charge on any atom is -0.378 e. The molecular weight excluding hydrogens is 336 g/mol. The molecule has 2 aromatic carbocycles. The van der Waals surface area contributed by atoms with Gasteiger partial charge in [0, 0.05) is 34.4 Å². The van der Waals surface area contributed by atoms with Crippen molar-refractivity contribution in [1.82, 2.24) is 10.2 Å². The zero-order chi connectivity index (χ0) is 17.2. The molecule has 124 valence electrons. The van der Waals surface area contributed by atoms with Crippen molar-refractivity contribution in [1.29, 1.82) is 5.26 Å². The lowest BCUT2D eigenvalue weighted by Gasteiger charge is -2.28. The molecule has 0 atom stereocenters. The van der Waals surface area contributed by atoms with E-state index in [2.05, 4.69) is 21.2 Å². The number of anilines is 1. The lowest BCUT2D eigenvalue weighted by atomic mass is 10.0. The van der Waals surface area contributed by atoms with Crippen molar-refractivity contribution >= 4 is 28.2 Å². The Morgan fingerprint density at radius 1 is 1.00 bits per heavy atom. The van der Waals surface area contributed by atoms with Crippen LogP contribution < -0.4 is 4.90 Å². The van der Waals surface area contributed by atoms with Gasteiger partial charge in [-0.2, -0.15) is 5.26 Å². The molecule has 1 saturated heterocycles. The molecule has 3 aromatic rings. The van der Waals surface area contributed by atoms with Gasteiger partial charge in [0.15, 0.2) is 5.82 Å². The van der Waals surface area contributed by atoms with Gasteiger partial charge >= 0.3 is 0 Å². The number of halogens is 1. The Morgan fingerprint density at radius 3 is 2.48 bits per heavy atom. The summed E-state index contributed by atoms with van der Waals surface area (Å²) >= 11 is 6.24. The van der Waals surface area contributed by atoms with Gasteiger partial charge in [-0.3, -0.25) is 0 Å². The van der Waals surface area contributed by atoms with Crippen LogP contribution in [0.4, 0.5) is 5.82 Å². The second-order valence-electron chi connectivity index (χ2n) is 5.85. The maximum absolute atomic E-state index is 8.98. The number of hydrogen-bond acceptors (Lipinski definition) is 5. The van der Waals surface area contributed by atoms with Crippen molar-refractivity contribution in [3.05, 3.63) is 53.1 Å². The zero-order valence-corrected chi connectivity index (χ0v) is 14.2. The molecule has 0 bridgehead atoms. The Hall–Kier alpha value is -2.68. The first kappa shape index (κ1) is 15.8. The first-order valence-corrected chi connectivity index (χ1v) is 8.43. The molecular formula is C19H15ClN4O. The van der Waals surface area contributed by atoms with E-state index in [4.69, 9.17) is 21.6 Å². The predicted molar refractivity (Wildman–Crippen MR) is 97.7 cm³/mol. The van der Waals surface area contributed by atoms with E-state index in [-0.39, 0.29) is 0 Å². The van der Waals surface area contributed by atoms with E-state index >= 15 is 0 Å². The Morgan fingerprint density at radius 2 is 1.76 bits per heavy atom. The van der Waals surface area contributed by atoms with Crippen LogP contribution in [0, 0.1) is 11.3 Å². The molecule has 0 spiro atoms. The van der Waals surface area contributed by atoms with Crippen LogP contribution in [-0.4, -0.2) is 36.5 Å². The Balaban J connectivity index is 1.88. The minimum atomic E-state index is 0.615. The maximum atomic E-state index is 8.98. The smallest absolute Gasteiger partial charge is 0.159 e. The predicted octanol–water partition coefficient (Wildman–Crippen LogP) is 3.66. The molecule has 0 aliphatic carbocycles. The molecule has 0 unspecified atom stereocenters. The average Bonchev–Trinajstić information content (AvgIpc) is 2.68. The number of benzene rings is 2. The summed E-state index contributed by atoms with van der Waals surface area (Å²) in [5.74, 6) is 0.854. The quantitative estimate of drug-likeness (QED) is 0.705. The fraction of sp³-hybridized carbons (Fsp3) is 0.211. The van der Waals surface area contributed by atoms with Crippen LogP contribution in [0.15, 0.2) is 42.5 Å². The van der Waals surface area contributed by atoms with Crippen LogP contribution in [0.25, 0.3) is 22.0 Å². The van der Waals surface area contributed by atoms with Crippen molar-refractivity contribution < 1.29 is 4.74 Å². The van der Waals surface area contributed by atoms with Crippen molar-refractivity contribution in [3.8, 4) is 17.3 Å². The molecule has 1 fully saturated rings. The van der Waals surface area contributed by atoms with Crippen molar-refractivity contribution in [2.75, 3.05) is 31.2 Å². The summed E-state index contributed by atoms with van der Waals surface area (Å²) in [6, 6.07) is 15.2. The molecule has 1 aliphatic rings. The maximum Gasteiger partial charge on any atom is 0.159 e. The van der Waals surface area contributed by atoms with E-state index < -0.39 is 0 Å². The number of morpholine rings is 1. The van der Waals surface area contributed by atoms with Gasteiger partial charge in [0.25, 0.3) is 0 Å². The van der Waals surface area contributed by atoms with Crippen LogP contribution in [0.3, 0.4) is 0 Å². The van der Waals surface area contributed by atoms with E-state index in [1.807, 2.05) is 30.3 Å². The number of nitrogens with zero attached hydrogens (tertiary/aromatic N) is 4. The highest BCUT2D eigenvalue weighted by Gasteiger charge is 2.18. The summed E-state index contributed by atoms with van der Waals surface area (Å²) in [7, 11) is 0. The highest BCUT2D eigenvalue weighted by atomic mass is 35.5. The fourth-order valence-electron chi connectivity index (χ4n) is 3.04. The molecule has 5 nitrogen and oxygen atoms in total. The second-order valence-corrected chi connectivity index (χ2v) is 6.29. The highest BCUT2D eigenvalue weighted by molar-refractivity contribution is 6.31. The van der Waals surface area contributed by atoms with E-state index in [0.717, 1.165) is 40.9 Å². The molecule has 1 aromatic heterocycles. The molecule has 4 rings (SSSR count). The Kier molecular flexibility index (Phi) is 4.22. The number of rotatable bonds is 2. The van der Waals surface area contributed by atoms with Crippen molar-refractivity contribution in [3.63, 3.8) is 0 Å². The molecule has 0 radical (unpaired) electrons. The first-order chi connectivity index (χ1) is 12.3. The zero-order valence-electron chi connectivity index (χ0n) is 13.4. The summed E-state index contributed by atoms with van der Waals surface area (Å²) < 4.78 is 5.43. The Bertz CT molecular complexity index is 960. The van der Waals surface area contributed by atoms with Crippen LogP contribution in [0.1, 0.15) is 5.56 Å². The van der Waals surface area contributed by atoms with Gasteiger partial charge in [-0.1, -0.05) is 23.7 Å². The summed E-state index contributed by atoms with van der Waals surface area (Å²) in [5.41, 5.74) is 2.29. The van der Waals surface area contributed by atoms with E-state index in [0.29, 0.717) is 23.8 Å². The number of aromatic nitrogens is 2. The van der Waals surface area contributed by atoms with E-state index in [9.17, 15) is 0 Å². The molecule has 0 saturated carbocycles. The third-order valence-corrected chi connectivity index (χ3v) is 4.56. The number of nitriles is 1. The van der Waals surface area contributed by atoms with E-state index in [1.165, 1.54) is 0 Å². The molecule has 2 heterocycles. The van der Waals surface area contributed by atoms with Gasteiger partial charge < -0.3 is 9.64 Å². The van der Waals surface area contributed by atoms with Crippen LogP contribution in [0.5, 0.6) is 0 Å². The Labute approximate surface area is 150 Å². The van der Waals surface area contributed by atoms with Gasteiger partial charge in [-0.05, 0) is 30.3 Å². The largest absolute Gasteiger partial charge is 0.378 e. The molecule has 0 N–H and O–H groups in total. The van der Waals surface area contributed by atoms with Gasteiger partial charge in [0.1, 0.15) is 5.69 Å². The topological polar surface area (TPSA) is 62.0 Å².